The fourth-order valence-electron chi connectivity index (χ4n) is 3.57. The van der Waals surface area contributed by atoms with E-state index in [-0.39, 0.29) is 18.1 Å². The number of piperidine rings is 1. The average molecular weight is 367 g/mol. The number of aromatic amines is 1. The van der Waals surface area contributed by atoms with Crippen molar-refractivity contribution in [2.45, 2.75) is 19.3 Å². The number of hydrogen-bond donors (Lipinski definition) is 2. The van der Waals surface area contributed by atoms with Gasteiger partial charge in [-0.05, 0) is 42.5 Å². The van der Waals surface area contributed by atoms with Crippen LogP contribution < -0.4 is 10.2 Å². The highest BCUT2D eigenvalue weighted by Gasteiger charge is 2.22. The highest BCUT2D eigenvalue weighted by Crippen LogP contribution is 2.26. The molecule has 1 aromatic carbocycles. The zero-order valence-corrected chi connectivity index (χ0v) is 15.0. The smallest absolute Gasteiger partial charge is 0.224 e. The minimum atomic E-state index is -0.286. The molecule has 2 aromatic heterocycles. The van der Waals surface area contributed by atoms with Crippen LogP contribution in [0.2, 0.25) is 0 Å². The molecular weight excluding hydrogens is 345 g/mol. The molecule has 1 fully saturated rings. The van der Waals surface area contributed by atoms with Crippen LogP contribution in [0.1, 0.15) is 18.4 Å². The van der Waals surface area contributed by atoms with E-state index in [2.05, 4.69) is 25.2 Å². The van der Waals surface area contributed by atoms with Gasteiger partial charge in [0.15, 0.2) is 0 Å². The van der Waals surface area contributed by atoms with Gasteiger partial charge in [0, 0.05) is 25.8 Å². The number of carbonyl (C=O) groups excluding carboxylic acids is 1. The van der Waals surface area contributed by atoms with Crippen LogP contribution in [0.4, 0.5) is 10.2 Å². The topological polar surface area (TPSA) is 73.9 Å². The molecule has 27 heavy (non-hydrogen) atoms. The summed E-state index contributed by atoms with van der Waals surface area (Å²) < 4.78 is 12.9. The summed E-state index contributed by atoms with van der Waals surface area (Å²) in [4.78, 5) is 26.2. The van der Waals surface area contributed by atoms with E-state index in [1.807, 2.05) is 12.3 Å². The van der Waals surface area contributed by atoms with Crippen molar-refractivity contribution in [2.75, 3.05) is 24.5 Å². The number of nitrogens with one attached hydrogen (secondary N) is 2. The van der Waals surface area contributed by atoms with Crippen molar-refractivity contribution < 1.29 is 9.18 Å². The lowest BCUT2D eigenvalue weighted by Gasteiger charge is -2.33. The summed E-state index contributed by atoms with van der Waals surface area (Å²) in [6.07, 6.45) is 5.77. The van der Waals surface area contributed by atoms with Crippen molar-refractivity contribution in [3.05, 3.63) is 54.2 Å². The van der Waals surface area contributed by atoms with Gasteiger partial charge in [-0.25, -0.2) is 14.4 Å². The number of halogens is 1. The predicted molar refractivity (Wildman–Crippen MR) is 102 cm³/mol. The van der Waals surface area contributed by atoms with Gasteiger partial charge in [-0.3, -0.25) is 4.79 Å². The number of benzene rings is 1. The Bertz CT molecular complexity index is 916. The van der Waals surface area contributed by atoms with Gasteiger partial charge in [-0.15, -0.1) is 0 Å². The molecule has 1 aliphatic rings. The first-order valence-corrected chi connectivity index (χ1v) is 9.23. The van der Waals surface area contributed by atoms with E-state index in [0.717, 1.165) is 48.3 Å². The van der Waals surface area contributed by atoms with Gasteiger partial charge in [0.2, 0.25) is 5.91 Å². The lowest BCUT2D eigenvalue weighted by atomic mass is 9.96. The van der Waals surface area contributed by atoms with Crippen LogP contribution >= 0.6 is 0 Å². The highest BCUT2D eigenvalue weighted by molar-refractivity contribution is 5.87. The molecule has 0 spiro atoms. The molecule has 1 saturated heterocycles. The van der Waals surface area contributed by atoms with Gasteiger partial charge >= 0.3 is 0 Å². The summed E-state index contributed by atoms with van der Waals surface area (Å²) in [5.41, 5.74) is 1.68. The standard InChI is InChI=1S/C20H22FN5O/c21-16-3-1-14(2-4-16)11-18(27)23-12-15-6-9-26(10-7-15)20-17-5-8-22-19(17)24-13-25-20/h1-5,8,13,15H,6-7,9-12H2,(H,23,27)(H,22,24,25). The molecule has 7 heteroatoms. The van der Waals surface area contributed by atoms with Crippen molar-refractivity contribution in [1.82, 2.24) is 20.3 Å². The maximum Gasteiger partial charge on any atom is 0.224 e. The molecule has 0 atom stereocenters. The molecular formula is C20H22FN5O. The summed E-state index contributed by atoms with van der Waals surface area (Å²) in [6.45, 7) is 2.50. The summed E-state index contributed by atoms with van der Waals surface area (Å²) in [5.74, 6) is 1.13. The molecule has 0 radical (unpaired) electrons. The highest BCUT2D eigenvalue weighted by atomic mass is 19.1. The quantitative estimate of drug-likeness (QED) is 0.727. The number of fused-ring (bicyclic) bond motifs is 1. The largest absolute Gasteiger partial charge is 0.356 e. The lowest BCUT2D eigenvalue weighted by Crippen LogP contribution is -2.39. The van der Waals surface area contributed by atoms with Crippen LogP contribution in [0.25, 0.3) is 11.0 Å². The number of rotatable bonds is 5. The second-order valence-electron chi connectivity index (χ2n) is 6.97. The van der Waals surface area contributed by atoms with Crippen molar-refractivity contribution in [3.63, 3.8) is 0 Å². The lowest BCUT2D eigenvalue weighted by molar-refractivity contribution is -0.120. The normalized spacial score (nSPS) is 15.2. The summed E-state index contributed by atoms with van der Waals surface area (Å²) in [7, 11) is 0. The number of hydrogen-bond acceptors (Lipinski definition) is 4. The Morgan fingerprint density at radius 3 is 2.74 bits per heavy atom. The monoisotopic (exact) mass is 367 g/mol. The summed E-state index contributed by atoms with van der Waals surface area (Å²) in [6, 6.07) is 8.07. The number of nitrogens with zero attached hydrogens (tertiary/aromatic N) is 3. The van der Waals surface area contributed by atoms with E-state index in [9.17, 15) is 9.18 Å². The van der Waals surface area contributed by atoms with E-state index in [1.165, 1.54) is 12.1 Å². The zero-order valence-electron chi connectivity index (χ0n) is 15.0. The van der Waals surface area contributed by atoms with Crippen LogP contribution in [0.15, 0.2) is 42.9 Å². The molecule has 3 aromatic rings. The molecule has 0 aliphatic carbocycles. The Balaban J connectivity index is 1.26. The Hall–Kier alpha value is -2.96. The second kappa shape index (κ2) is 7.73. The third-order valence-corrected chi connectivity index (χ3v) is 5.11. The van der Waals surface area contributed by atoms with Gasteiger partial charge < -0.3 is 15.2 Å². The third-order valence-electron chi connectivity index (χ3n) is 5.11. The first kappa shape index (κ1) is 17.5. The maximum atomic E-state index is 12.9. The minimum Gasteiger partial charge on any atom is -0.356 e. The summed E-state index contributed by atoms with van der Waals surface area (Å²) >= 11 is 0. The zero-order chi connectivity index (χ0) is 18.6. The molecule has 140 valence electrons. The van der Waals surface area contributed by atoms with E-state index in [4.69, 9.17) is 0 Å². The Morgan fingerprint density at radius 1 is 1.19 bits per heavy atom. The fourth-order valence-corrected chi connectivity index (χ4v) is 3.57. The van der Waals surface area contributed by atoms with E-state index < -0.39 is 0 Å². The SMILES string of the molecule is O=C(Cc1ccc(F)cc1)NCC1CCN(c2ncnc3[nH]ccc23)CC1. The maximum absolute atomic E-state index is 12.9. The van der Waals surface area contributed by atoms with E-state index in [0.29, 0.717) is 12.5 Å². The molecule has 4 rings (SSSR count). The van der Waals surface area contributed by atoms with Gasteiger partial charge in [-0.2, -0.15) is 0 Å². The van der Waals surface area contributed by atoms with Crippen LogP contribution in [0.3, 0.4) is 0 Å². The molecule has 0 unspecified atom stereocenters. The Labute approximate surface area is 156 Å². The number of carbonyl (C=O) groups is 1. The van der Waals surface area contributed by atoms with E-state index >= 15 is 0 Å². The van der Waals surface area contributed by atoms with Crippen molar-refractivity contribution in [3.8, 4) is 0 Å². The van der Waals surface area contributed by atoms with Crippen LogP contribution in [0.5, 0.6) is 0 Å². The average Bonchev–Trinajstić information content (AvgIpc) is 3.17. The second-order valence-corrected chi connectivity index (χ2v) is 6.97. The molecule has 3 heterocycles. The van der Waals surface area contributed by atoms with Crippen molar-refractivity contribution in [1.29, 1.82) is 0 Å². The van der Waals surface area contributed by atoms with Gasteiger partial charge in [-0.1, -0.05) is 12.1 Å². The molecule has 2 N–H and O–H groups in total. The Morgan fingerprint density at radius 2 is 1.96 bits per heavy atom. The number of amides is 1. The number of aromatic nitrogens is 3. The summed E-state index contributed by atoms with van der Waals surface area (Å²) in [5, 5.41) is 4.06. The Kier molecular flexibility index (Phi) is 5.00. The van der Waals surface area contributed by atoms with Gasteiger partial charge in [0.1, 0.15) is 23.6 Å². The molecule has 0 saturated carbocycles. The van der Waals surface area contributed by atoms with Crippen LogP contribution in [-0.2, 0) is 11.2 Å². The van der Waals surface area contributed by atoms with Gasteiger partial charge in [0.05, 0.1) is 11.8 Å². The minimum absolute atomic E-state index is 0.0196. The number of H-pyrrole nitrogens is 1. The fraction of sp³-hybridized carbons (Fsp3) is 0.350. The number of anilines is 1. The molecule has 0 bridgehead atoms. The molecule has 1 aliphatic heterocycles. The van der Waals surface area contributed by atoms with Crippen molar-refractivity contribution in [2.24, 2.45) is 5.92 Å². The van der Waals surface area contributed by atoms with Gasteiger partial charge in [0.25, 0.3) is 0 Å². The third kappa shape index (κ3) is 4.07. The van der Waals surface area contributed by atoms with Crippen molar-refractivity contribution >= 4 is 22.8 Å². The first-order valence-electron chi connectivity index (χ1n) is 9.23. The van der Waals surface area contributed by atoms with E-state index in [1.54, 1.807) is 18.5 Å². The molecule has 1 amide bonds. The van der Waals surface area contributed by atoms with Crippen LogP contribution in [-0.4, -0.2) is 40.5 Å². The molecule has 6 nitrogen and oxygen atoms in total. The first-order chi connectivity index (χ1) is 13.2. The van der Waals surface area contributed by atoms with Crippen LogP contribution in [0, 0.1) is 11.7 Å². The predicted octanol–water partition coefficient (Wildman–Crippen LogP) is 2.67.